The van der Waals surface area contributed by atoms with Crippen LogP contribution < -0.4 is 14.8 Å². The molecular formula is C20H23F3N4O4. The normalized spacial score (nSPS) is 21.3. The fraction of sp³-hybridized carbons (Fsp3) is 0.500. The molecule has 1 fully saturated rings. The molecule has 31 heavy (non-hydrogen) atoms. The molecule has 1 aromatic heterocycles. The Bertz CT molecular complexity index is 956. The van der Waals surface area contributed by atoms with E-state index in [1.54, 1.807) is 18.2 Å². The van der Waals surface area contributed by atoms with Gasteiger partial charge in [0, 0.05) is 25.6 Å². The Hall–Kier alpha value is -2.95. The van der Waals surface area contributed by atoms with Gasteiger partial charge in [-0.05, 0) is 17.7 Å². The molecule has 11 heteroatoms. The lowest BCUT2D eigenvalue weighted by atomic mass is 9.96. The first-order valence-corrected chi connectivity index (χ1v) is 9.83. The summed E-state index contributed by atoms with van der Waals surface area (Å²) in [5.41, 5.74) is 0.590. The maximum absolute atomic E-state index is 13.9. The van der Waals surface area contributed by atoms with E-state index in [2.05, 4.69) is 10.4 Å². The zero-order chi connectivity index (χ0) is 22.2. The maximum atomic E-state index is 13.9. The van der Waals surface area contributed by atoms with E-state index in [0.717, 1.165) is 4.68 Å². The molecule has 0 aliphatic carbocycles. The van der Waals surface area contributed by atoms with Gasteiger partial charge in [0.15, 0.2) is 23.2 Å². The van der Waals surface area contributed by atoms with Gasteiger partial charge in [-0.1, -0.05) is 6.07 Å². The monoisotopic (exact) mass is 440 g/mol. The summed E-state index contributed by atoms with van der Waals surface area (Å²) in [7, 11) is 2.95. The number of carbonyl (C=O) groups excluding carboxylic acids is 1. The third kappa shape index (κ3) is 4.14. The van der Waals surface area contributed by atoms with Gasteiger partial charge in [0.2, 0.25) is 0 Å². The van der Waals surface area contributed by atoms with Crippen LogP contribution in [0.1, 0.15) is 34.6 Å². The number of ether oxygens (including phenoxy) is 3. The highest BCUT2D eigenvalue weighted by molar-refractivity contribution is 5.93. The van der Waals surface area contributed by atoms with Crippen molar-refractivity contribution in [3.05, 3.63) is 35.5 Å². The molecule has 1 aromatic carbocycles. The van der Waals surface area contributed by atoms with Gasteiger partial charge in [0.25, 0.3) is 5.91 Å². The number of fused-ring (bicyclic) bond motifs is 1. The van der Waals surface area contributed by atoms with Crippen LogP contribution in [0.4, 0.5) is 19.0 Å². The minimum atomic E-state index is -4.53. The molecule has 2 aromatic rings. The molecule has 0 saturated carbocycles. The molecule has 3 heterocycles. The largest absolute Gasteiger partial charge is 0.493 e. The molecular weight excluding hydrogens is 417 g/mol. The van der Waals surface area contributed by atoms with E-state index in [9.17, 15) is 18.0 Å². The molecule has 0 radical (unpaired) electrons. The van der Waals surface area contributed by atoms with Crippen molar-refractivity contribution < 1.29 is 32.2 Å². The van der Waals surface area contributed by atoms with Crippen LogP contribution in [-0.4, -0.2) is 67.3 Å². The first-order valence-electron chi connectivity index (χ1n) is 9.83. The average Bonchev–Trinajstić information content (AvgIpc) is 3.21. The van der Waals surface area contributed by atoms with Crippen LogP contribution in [0.3, 0.4) is 0 Å². The number of morpholine rings is 1. The smallest absolute Gasteiger partial charge is 0.410 e. The van der Waals surface area contributed by atoms with Crippen LogP contribution in [0.5, 0.6) is 11.5 Å². The Kier molecular flexibility index (Phi) is 5.69. The Morgan fingerprint density at radius 2 is 1.87 bits per heavy atom. The standard InChI is InChI=1S/C20H23F3N4O4/c1-29-15-4-3-12(9-16(15)30-2)13-10-17(20(21,22)23)27-18(24-13)11-14(25-27)19(28)26-5-7-31-8-6-26/h3-4,9,11,13,17,24H,5-8,10H2,1-2H3/t13-,17-/m0/s1. The van der Waals surface area contributed by atoms with Crippen LogP contribution in [-0.2, 0) is 4.74 Å². The fourth-order valence-electron chi connectivity index (χ4n) is 3.89. The minimum Gasteiger partial charge on any atom is -0.493 e. The topological polar surface area (TPSA) is 77.9 Å². The van der Waals surface area contributed by atoms with Gasteiger partial charge < -0.3 is 24.4 Å². The van der Waals surface area contributed by atoms with Crippen LogP contribution in [0, 0.1) is 0 Å². The van der Waals surface area contributed by atoms with Crippen LogP contribution in [0.25, 0.3) is 0 Å². The maximum Gasteiger partial charge on any atom is 0.410 e. The summed E-state index contributed by atoms with van der Waals surface area (Å²) in [5, 5.41) is 7.11. The number of halogens is 3. The summed E-state index contributed by atoms with van der Waals surface area (Å²) in [4.78, 5) is 14.3. The highest BCUT2D eigenvalue weighted by atomic mass is 19.4. The van der Waals surface area contributed by atoms with Crippen molar-refractivity contribution in [1.29, 1.82) is 0 Å². The number of carbonyl (C=O) groups is 1. The number of anilines is 1. The Labute approximate surface area is 176 Å². The molecule has 168 valence electrons. The first-order chi connectivity index (χ1) is 14.8. The average molecular weight is 440 g/mol. The van der Waals surface area contributed by atoms with Crippen molar-refractivity contribution >= 4 is 11.7 Å². The van der Waals surface area contributed by atoms with Crippen LogP contribution in [0.15, 0.2) is 24.3 Å². The number of hydrogen-bond acceptors (Lipinski definition) is 6. The lowest BCUT2D eigenvalue weighted by Gasteiger charge is -2.33. The number of rotatable bonds is 4. The summed E-state index contributed by atoms with van der Waals surface area (Å²) in [6.07, 6.45) is -4.81. The van der Waals surface area contributed by atoms with Gasteiger partial charge in [-0.2, -0.15) is 18.3 Å². The number of hydrogen-bond donors (Lipinski definition) is 1. The summed E-state index contributed by atoms with van der Waals surface area (Å²) in [6, 6.07) is 3.85. The van der Waals surface area contributed by atoms with Crippen molar-refractivity contribution in [2.24, 2.45) is 0 Å². The minimum absolute atomic E-state index is 0.0217. The zero-order valence-corrected chi connectivity index (χ0v) is 17.1. The number of nitrogens with one attached hydrogen (secondary N) is 1. The summed E-state index contributed by atoms with van der Waals surface area (Å²) in [5.74, 6) is 0.644. The van der Waals surface area contributed by atoms with Gasteiger partial charge in [0.1, 0.15) is 5.82 Å². The van der Waals surface area contributed by atoms with E-state index in [-0.39, 0.29) is 17.9 Å². The summed E-state index contributed by atoms with van der Waals surface area (Å²) in [6.45, 7) is 1.55. The number of amides is 1. The molecule has 2 aliphatic heterocycles. The molecule has 4 rings (SSSR count). The predicted octanol–water partition coefficient (Wildman–Crippen LogP) is 3.03. The van der Waals surface area contributed by atoms with Crippen LogP contribution in [0.2, 0.25) is 0 Å². The van der Waals surface area contributed by atoms with E-state index in [4.69, 9.17) is 14.2 Å². The number of alkyl halides is 3. The van der Waals surface area contributed by atoms with Crippen molar-refractivity contribution in [3.63, 3.8) is 0 Å². The number of benzene rings is 1. The molecule has 0 unspecified atom stereocenters. The second kappa shape index (κ2) is 8.29. The van der Waals surface area contributed by atoms with E-state index in [1.165, 1.54) is 25.2 Å². The zero-order valence-electron chi connectivity index (χ0n) is 17.1. The van der Waals surface area contributed by atoms with Gasteiger partial charge in [-0.25, -0.2) is 4.68 Å². The highest BCUT2D eigenvalue weighted by Crippen LogP contribution is 2.44. The molecule has 1 amide bonds. The van der Waals surface area contributed by atoms with Crippen molar-refractivity contribution in [2.45, 2.75) is 24.7 Å². The molecule has 1 saturated heterocycles. The second-order valence-electron chi connectivity index (χ2n) is 7.37. The van der Waals surface area contributed by atoms with Gasteiger partial charge in [-0.3, -0.25) is 4.79 Å². The molecule has 0 spiro atoms. The molecule has 2 aliphatic rings. The Morgan fingerprint density at radius 3 is 2.52 bits per heavy atom. The first kappa shape index (κ1) is 21.3. The number of aromatic nitrogens is 2. The SMILES string of the molecule is COc1ccc([C@@H]2C[C@@H](C(F)(F)F)n3nc(C(=O)N4CCOCC4)cc3N2)cc1OC. The number of methoxy groups -OCH3 is 2. The van der Waals surface area contributed by atoms with E-state index in [0.29, 0.717) is 43.4 Å². The van der Waals surface area contributed by atoms with Crippen LogP contribution >= 0.6 is 0 Å². The fourth-order valence-corrected chi connectivity index (χ4v) is 3.89. The quantitative estimate of drug-likeness (QED) is 0.788. The summed E-state index contributed by atoms with van der Waals surface area (Å²) >= 11 is 0. The predicted molar refractivity (Wildman–Crippen MR) is 105 cm³/mol. The lowest BCUT2D eigenvalue weighted by Crippen LogP contribution is -2.41. The van der Waals surface area contributed by atoms with Crippen molar-refractivity contribution in [2.75, 3.05) is 45.8 Å². The highest BCUT2D eigenvalue weighted by Gasteiger charge is 2.47. The van der Waals surface area contributed by atoms with Crippen molar-refractivity contribution in [1.82, 2.24) is 14.7 Å². The third-order valence-corrected chi connectivity index (χ3v) is 5.52. The van der Waals surface area contributed by atoms with Gasteiger partial charge in [0.05, 0.1) is 33.5 Å². The van der Waals surface area contributed by atoms with E-state index in [1.807, 2.05) is 0 Å². The molecule has 8 nitrogen and oxygen atoms in total. The van der Waals surface area contributed by atoms with Crippen molar-refractivity contribution in [3.8, 4) is 11.5 Å². The Morgan fingerprint density at radius 1 is 1.16 bits per heavy atom. The molecule has 0 bridgehead atoms. The third-order valence-electron chi connectivity index (χ3n) is 5.52. The van der Waals surface area contributed by atoms with E-state index < -0.39 is 24.2 Å². The number of nitrogens with zero attached hydrogens (tertiary/aromatic N) is 3. The second-order valence-corrected chi connectivity index (χ2v) is 7.37. The summed E-state index contributed by atoms with van der Waals surface area (Å²) < 4.78 is 58.3. The Balaban J connectivity index is 1.66. The lowest BCUT2D eigenvalue weighted by molar-refractivity contribution is -0.173. The van der Waals surface area contributed by atoms with Gasteiger partial charge >= 0.3 is 6.18 Å². The molecule has 2 atom stereocenters. The van der Waals surface area contributed by atoms with E-state index >= 15 is 0 Å². The molecule has 1 N–H and O–H groups in total. The van der Waals surface area contributed by atoms with Gasteiger partial charge in [-0.15, -0.1) is 0 Å².